The fourth-order valence-corrected chi connectivity index (χ4v) is 5.38. The summed E-state index contributed by atoms with van der Waals surface area (Å²) in [6, 6.07) is 12.4. The second kappa shape index (κ2) is 9.30. The van der Waals surface area contributed by atoms with E-state index in [1.165, 1.54) is 11.3 Å². The summed E-state index contributed by atoms with van der Waals surface area (Å²) in [5.41, 5.74) is 3.21. The number of nitrogens with zero attached hydrogens (tertiary/aromatic N) is 2. The lowest BCUT2D eigenvalue weighted by atomic mass is 9.98. The summed E-state index contributed by atoms with van der Waals surface area (Å²) in [7, 11) is 0. The summed E-state index contributed by atoms with van der Waals surface area (Å²) in [4.78, 5) is 34.7. The minimum Gasteiger partial charge on any atom is -0.494 e. The first-order chi connectivity index (χ1) is 16.9. The molecule has 0 bridgehead atoms. The number of unbranched alkanes of at least 4 members (excludes halogenated alkanes) is 2. The first-order valence-corrected chi connectivity index (χ1v) is 12.8. The summed E-state index contributed by atoms with van der Waals surface area (Å²) in [6.45, 7) is 8.65. The maximum atomic E-state index is 13.7. The molecule has 4 aromatic rings. The van der Waals surface area contributed by atoms with Crippen LogP contribution in [-0.2, 0) is 0 Å². The van der Waals surface area contributed by atoms with E-state index in [2.05, 4.69) is 11.9 Å². The number of aryl methyl sites for hydroxylation is 3. The highest BCUT2D eigenvalue weighted by molar-refractivity contribution is 7.15. The number of benzene rings is 2. The smallest absolute Gasteiger partial charge is 0.297 e. The van der Waals surface area contributed by atoms with Crippen molar-refractivity contribution < 1.29 is 13.9 Å². The monoisotopic (exact) mass is 488 g/mol. The molecule has 1 atom stereocenters. The Labute approximate surface area is 208 Å². The first-order valence-electron chi connectivity index (χ1n) is 12.0. The lowest BCUT2D eigenvalue weighted by Crippen LogP contribution is -2.29. The van der Waals surface area contributed by atoms with Crippen LogP contribution in [0.4, 0.5) is 5.13 Å². The van der Waals surface area contributed by atoms with Gasteiger partial charge in [-0.3, -0.25) is 14.5 Å². The Balaban J connectivity index is 1.63. The SMILES string of the molecule is CCCCCOc1ccc(C2c3c(oc4ccc(C)cc4c3=O)C(=O)N2c2nc(C)c(C)s2)cc1. The van der Waals surface area contributed by atoms with Crippen molar-refractivity contribution in [3.63, 3.8) is 0 Å². The van der Waals surface area contributed by atoms with Gasteiger partial charge >= 0.3 is 0 Å². The van der Waals surface area contributed by atoms with Gasteiger partial charge in [0.1, 0.15) is 11.3 Å². The number of amides is 1. The second-order valence-corrected chi connectivity index (χ2v) is 10.2. The maximum Gasteiger partial charge on any atom is 0.297 e. The molecule has 180 valence electrons. The average molecular weight is 489 g/mol. The van der Waals surface area contributed by atoms with Crippen LogP contribution in [0.15, 0.2) is 51.7 Å². The molecule has 2 aromatic heterocycles. The number of ether oxygens (including phenoxy) is 1. The third-order valence-electron chi connectivity index (χ3n) is 6.46. The molecule has 1 unspecified atom stereocenters. The van der Waals surface area contributed by atoms with Gasteiger partial charge in [0.15, 0.2) is 10.6 Å². The molecule has 1 aliphatic heterocycles. The summed E-state index contributed by atoms with van der Waals surface area (Å²) in [5, 5.41) is 1.03. The van der Waals surface area contributed by atoms with E-state index in [1.807, 2.05) is 57.2 Å². The van der Waals surface area contributed by atoms with Crippen LogP contribution in [0.25, 0.3) is 11.0 Å². The van der Waals surface area contributed by atoms with E-state index in [4.69, 9.17) is 9.15 Å². The third kappa shape index (κ3) is 4.14. The number of aromatic nitrogens is 1. The van der Waals surface area contributed by atoms with Crippen LogP contribution in [0, 0.1) is 20.8 Å². The van der Waals surface area contributed by atoms with E-state index < -0.39 is 6.04 Å². The highest BCUT2D eigenvalue weighted by Crippen LogP contribution is 2.43. The molecule has 0 N–H and O–H groups in total. The van der Waals surface area contributed by atoms with Crippen molar-refractivity contribution in [1.29, 1.82) is 0 Å². The van der Waals surface area contributed by atoms with Crippen LogP contribution in [0.3, 0.4) is 0 Å². The average Bonchev–Trinajstić information content (AvgIpc) is 3.33. The largest absolute Gasteiger partial charge is 0.494 e. The molecule has 1 amide bonds. The molecular weight excluding hydrogens is 460 g/mol. The molecule has 1 aliphatic rings. The van der Waals surface area contributed by atoms with E-state index in [0.29, 0.717) is 28.3 Å². The molecular formula is C28H28N2O4S. The van der Waals surface area contributed by atoms with Crippen LogP contribution in [-0.4, -0.2) is 17.5 Å². The van der Waals surface area contributed by atoms with Crippen molar-refractivity contribution >= 4 is 33.3 Å². The van der Waals surface area contributed by atoms with Crippen LogP contribution in [0.2, 0.25) is 0 Å². The molecule has 3 heterocycles. The van der Waals surface area contributed by atoms with Gasteiger partial charge in [0.05, 0.1) is 29.3 Å². The number of carbonyl (C=O) groups excluding carboxylic acids is 1. The van der Waals surface area contributed by atoms with Gasteiger partial charge in [-0.25, -0.2) is 4.98 Å². The number of anilines is 1. The molecule has 35 heavy (non-hydrogen) atoms. The second-order valence-electron chi connectivity index (χ2n) is 9.01. The molecule has 0 saturated heterocycles. The van der Waals surface area contributed by atoms with Crippen molar-refractivity contribution in [2.75, 3.05) is 11.5 Å². The lowest BCUT2D eigenvalue weighted by molar-refractivity contribution is 0.0971. The minimum atomic E-state index is -0.627. The molecule has 0 saturated carbocycles. The molecule has 2 aromatic carbocycles. The molecule has 0 spiro atoms. The number of rotatable bonds is 7. The van der Waals surface area contributed by atoms with Crippen LogP contribution >= 0.6 is 11.3 Å². The zero-order chi connectivity index (χ0) is 24.7. The van der Waals surface area contributed by atoms with Gasteiger partial charge in [-0.1, -0.05) is 43.5 Å². The predicted octanol–water partition coefficient (Wildman–Crippen LogP) is 6.49. The van der Waals surface area contributed by atoms with E-state index in [1.54, 1.807) is 11.0 Å². The summed E-state index contributed by atoms with van der Waals surface area (Å²) < 4.78 is 11.9. The Kier molecular flexibility index (Phi) is 6.19. The summed E-state index contributed by atoms with van der Waals surface area (Å²) in [6.07, 6.45) is 3.27. The van der Waals surface area contributed by atoms with Crippen molar-refractivity contribution in [2.24, 2.45) is 0 Å². The Bertz CT molecular complexity index is 1450. The molecule has 0 aliphatic carbocycles. The molecule has 7 heteroatoms. The van der Waals surface area contributed by atoms with Gasteiger partial charge < -0.3 is 9.15 Å². The van der Waals surface area contributed by atoms with Gasteiger partial charge in [0, 0.05) is 4.88 Å². The molecule has 0 radical (unpaired) electrons. The van der Waals surface area contributed by atoms with Gasteiger partial charge in [0.2, 0.25) is 5.76 Å². The summed E-state index contributed by atoms with van der Waals surface area (Å²) in [5.74, 6) is 0.503. The third-order valence-corrected chi connectivity index (χ3v) is 7.53. The van der Waals surface area contributed by atoms with Crippen molar-refractivity contribution in [2.45, 2.75) is 53.0 Å². The van der Waals surface area contributed by atoms with Gasteiger partial charge in [-0.15, -0.1) is 11.3 Å². The topological polar surface area (TPSA) is 72.6 Å². The fraction of sp³-hybridized carbons (Fsp3) is 0.321. The molecule has 6 nitrogen and oxygen atoms in total. The molecule has 5 rings (SSSR count). The highest BCUT2D eigenvalue weighted by Gasteiger charge is 2.45. The van der Waals surface area contributed by atoms with E-state index in [-0.39, 0.29) is 17.1 Å². The van der Waals surface area contributed by atoms with Crippen molar-refractivity contribution in [3.05, 3.63) is 85.7 Å². The number of carbonyl (C=O) groups is 1. The number of hydrogen-bond donors (Lipinski definition) is 0. The minimum absolute atomic E-state index is 0.0850. The zero-order valence-corrected chi connectivity index (χ0v) is 21.2. The van der Waals surface area contributed by atoms with Crippen LogP contribution in [0.5, 0.6) is 5.75 Å². The Morgan fingerprint density at radius 3 is 2.51 bits per heavy atom. The van der Waals surface area contributed by atoms with E-state index >= 15 is 0 Å². The van der Waals surface area contributed by atoms with Crippen molar-refractivity contribution in [3.8, 4) is 5.75 Å². The number of thiazole rings is 1. The highest BCUT2D eigenvalue weighted by atomic mass is 32.1. The molecule has 0 fully saturated rings. The number of hydrogen-bond acceptors (Lipinski definition) is 6. The van der Waals surface area contributed by atoms with Crippen LogP contribution < -0.4 is 15.1 Å². The normalized spacial score (nSPS) is 15.1. The first kappa shape index (κ1) is 23.3. The maximum absolute atomic E-state index is 13.7. The Hall–Kier alpha value is -3.45. The Morgan fingerprint density at radius 1 is 1.06 bits per heavy atom. The van der Waals surface area contributed by atoms with Gasteiger partial charge in [0.25, 0.3) is 5.91 Å². The quantitative estimate of drug-likeness (QED) is 0.278. The van der Waals surface area contributed by atoms with Gasteiger partial charge in [-0.05, 0) is 57.0 Å². The zero-order valence-electron chi connectivity index (χ0n) is 20.4. The standard InChI is InChI=1S/C28H28N2O4S/c1-5-6-7-14-33-20-11-9-19(10-12-20)24-23-25(31)21-15-16(2)8-13-22(21)34-26(23)27(32)30(24)28-29-17(3)18(4)35-28/h8-13,15,24H,5-7,14H2,1-4H3. The van der Waals surface area contributed by atoms with Crippen LogP contribution in [0.1, 0.15) is 70.0 Å². The summed E-state index contributed by atoms with van der Waals surface area (Å²) >= 11 is 1.44. The van der Waals surface area contributed by atoms with E-state index in [0.717, 1.165) is 46.7 Å². The number of fused-ring (bicyclic) bond motifs is 2. The lowest BCUT2D eigenvalue weighted by Gasteiger charge is -2.22. The van der Waals surface area contributed by atoms with E-state index in [9.17, 15) is 9.59 Å². The van der Waals surface area contributed by atoms with Gasteiger partial charge in [-0.2, -0.15) is 0 Å². The fourth-order valence-electron chi connectivity index (χ4n) is 4.45. The van der Waals surface area contributed by atoms with Crippen molar-refractivity contribution in [1.82, 2.24) is 4.98 Å². The Morgan fingerprint density at radius 2 is 1.83 bits per heavy atom. The predicted molar refractivity (Wildman–Crippen MR) is 139 cm³/mol.